The van der Waals surface area contributed by atoms with Gasteiger partial charge in [-0.05, 0) is 39.8 Å². The number of hydrogen-bond donors (Lipinski definition) is 2. The van der Waals surface area contributed by atoms with Gasteiger partial charge in [-0.3, -0.25) is 9.59 Å². The normalized spacial score (nSPS) is 12.3. The number of furan rings is 1. The molecule has 0 aliphatic carbocycles. The van der Waals surface area contributed by atoms with Crippen LogP contribution >= 0.6 is 0 Å². The molecule has 2 N–H and O–H groups in total. The van der Waals surface area contributed by atoms with Crippen molar-refractivity contribution in [3.63, 3.8) is 0 Å². The highest BCUT2D eigenvalue weighted by Gasteiger charge is 2.22. The summed E-state index contributed by atoms with van der Waals surface area (Å²) >= 11 is 0. The van der Waals surface area contributed by atoms with E-state index in [-0.39, 0.29) is 12.1 Å². The number of aryl methyl sites for hydroxylation is 3. The van der Waals surface area contributed by atoms with Crippen molar-refractivity contribution in [2.75, 3.05) is 0 Å². The summed E-state index contributed by atoms with van der Waals surface area (Å²) in [6.07, 6.45) is -0.171. The smallest absolute Gasteiger partial charge is 0.305 e. The van der Waals surface area contributed by atoms with Gasteiger partial charge < -0.3 is 19.4 Å². The molecule has 136 valence electrons. The molecular weight excluding hydrogens is 338 g/mol. The summed E-state index contributed by atoms with van der Waals surface area (Å²) in [6.45, 7) is 7.00. The Bertz CT molecular complexity index is 1000. The van der Waals surface area contributed by atoms with E-state index in [1.165, 1.54) is 0 Å². The number of carboxylic acids is 1. The van der Waals surface area contributed by atoms with Gasteiger partial charge in [0.15, 0.2) is 0 Å². The Morgan fingerprint density at radius 2 is 2.00 bits per heavy atom. The van der Waals surface area contributed by atoms with Crippen molar-refractivity contribution in [2.45, 2.75) is 40.2 Å². The van der Waals surface area contributed by atoms with E-state index in [1.54, 1.807) is 19.9 Å². The van der Waals surface area contributed by atoms with E-state index in [0.717, 1.165) is 11.3 Å². The molecule has 3 aromatic heterocycles. The van der Waals surface area contributed by atoms with Crippen LogP contribution in [-0.4, -0.2) is 33.2 Å². The monoisotopic (exact) mass is 357 g/mol. The summed E-state index contributed by atoms with van der Waals surface area (Å²) in [7, 11) is 0. The largest absolute Gasteiger partial charge is 0.481 e. The first-order valence-electron chi connectivity index (χ1n) is 8.13. The molecule has 26 heavy (non-hydrogen) atoms. The van der Waals surface area contributed by atoms with Gasteiger partial charge in [-0.15, -0.1) is 0 Å². The molecule has 8 heteroatoms. The van der Waals surface area contributed by atoms with Crippen LogP contribution in [0.3, 0.4) is 0 Å². The Kier molecular flexibility index (Phi) is 4.50. The SMILES string of the molecule is Cc1cc(-c2cc(C(=O)NC(C)CC(=O)O)c3c(C)noc3n2)c(C)o1. The van der Waals surface area contributed by atoms with Crippen LogP contribution in [0.4, 0.5) is 0 Å². The molecular formula is C18H19N3O5. The lowest BCUT2D eigenvalue weighted by molar-refractivity contribution is -0.137. The number of carboxylic acid groups (broad SMARTS) is 1. The minimum atomic E-state index is -0.982. The highest BCUT2D eigenvalue weighted by molar-refractivity contribution is 6.07. The molecule has 0 saturated heterocycles. The molecule has 3 aromatic rings. The van der Waals surface area contributed by atoms with Crippen molar-refractivity contribution >= 4 is 23.0 Å². The minimum Gasteiger partial charge on any atom is -0.481 e. The molecule has 1 atom stereocenters. The fraction of sp³-hybridized carbons (Fsp3) is 0.333. The van der Waals surface area contributed by atoms with Crippen LogP contribution in [0, 0.1) is 20.8 Å². The second-order valence-electron chi connectivity index (χ2n) is 6.30. The first kappa shape index (κ1) is 17.7. The topological polar surface area (TPSA) is 118 Å². The van der Waals surface area contributed by atoms with Crippen molar-refractivity contribution < 1.29 is 23.6 Å². The van der Waals surface area contributed by atoms with Crippen LogP contribution in [0.5, 0.6) is 0 Å². The number of aliphatic carboxylic acids is 1. The number of aromatic nitrogens is 2. The number of nitrogens with one attached hydrogen (secondary N) is 1. The van der Waals surface area contributed by atoms with Gasteiger partial charge in [0.2, 0.25) is 0 Å². The number of carbonyl (C=O) groups is 2. The van der Waals surface area contributed by atoms with E-state index in [0.29, 0.717) is 28.1 Å². The lowest BCUT2D eigenvalue weighted by Gasteiger charge is -2.12. The van der Waals surface area contributed by atoms with Crippen molar-refractivity contribution in [3.05, 3.63) is 34.9 Å². The van der Waals surface area contributed by atoms with Crippen LogP contribution in [0.25, 0.3) is 22.4 Å². The zero-order chi connectivity index (χ0) is 19.0. The standard InChI is InChI=1S/C18H19N3O5/c1-8(5-15(22)23)19-17(24)13-7-14(12-6-9(2)25-11(12)4)20-18-16(13)10(3)21-26-18/h6-8H,5H2,1-4H3,(H,19,24)(H,22,23). The zero-order valence-electron chi connectivity index (χ0n) is 14.9. The Morgan fingerprint density at radius 3 is 2.62 bits per heavy atom. The number of nitrogens with zero attached hydrogens (tertiary/aromatic N) is 2. The molecule has 0 saturated carbocycles. The van der Waals surface area contributed by atoms with E-state index in [1.807, 2.05) is 19.9 Å². The second kappa shape index (κ2) is 6.62. The van der Waals surface area contributed by atoms with E-state index < -0.39 is 17.9 Å². The summed E-state index contributed by atoms with van der Waals surface area (Å²) in [5.41, 5.74) is 2.40. The molecule has 0 radical (unpaired) electrons. The third kappa shape index (κ3) is 3.30. The fourth-order valence-corrected chi connectivity index (χ4v) is 2.91. The molecule has 0 aromatic carbocycles. The molecule has 3 heterocycles. The Labute approximate surface area is 149 Å². The van der Waals surface area contributed by atoms with Gasteiger partial charge in [-0.1, -0.05) is 5.16 Å². The molecule has 1 unspecified atom stereocenters. The van der Waals surface area contributed by atoms with E-state index in [2.05, 4.69) is 15.5 Å². The van der Waals surface area contributed by atoms with Gasteiger partial charge in [0.05, 0.1) is 28.8 Å². The maximum absolute atomic E-state index is 12.7. The van der Waals surface area contributed by atoms with Crippen LogP contribution in [-0.2, 0) is 4.79 Å². The average Bonchev–Trinajstić information content (AvgIpc) is 3.08. The maximum Gasteiger partial charge on any atom is 0.305 e. The Hall–Kier alpha value is -3.16. The Morgan fingerprint density at radius 1 is 1.27 bits per heavy atom. The molecule has 0 fully saturated rings. The van der Waals surface area contributed by atoms with E-state index in [4.69, 9.17) is 14.0 Å². The van der Waals surface area contributed by atoms with Crippen LogP contribution in [0.2, 0.25) is 0 Å². The highest BCUT2D eigenvalue weighted by Crippen LogP contribution is 2.30. The zero-order valence-corrected chi connectivity index (χ0v) is 14.9. The minimum absolute atomic E-state index is 0.171. The first-order valence-corrected chi connectivity index (χ1v) is 8.13. The molecule has 0 aliphatic rings. The van der Waals surface area contributed by atoms with Gasteiger partial charge in [-0.2, -0.15) is 0 Å². The molecule has 8 nitrogen and oxygen atoms in total. The van der Waals surface area contributed by atoms with Crippen molar-refractivity contribution in [2.24, 2.45) is 0 Å². The summed E-state index contributed by atoms with van der Waals surface area (Å²) < 4.78 is 10.8. The van der Waals surface area contributed by atoms with Crippen molar-refractivity contribution in [1.29, 1.82) is 0 Å². The van der Waals surface area contributed by atoms with Gasteiger partial charge in [-0.25, -0.2) is 4.98 Å². The number of hydrogen-bond acceptors (Lipinski definition) is 6. The predicted octanol–water partition coefficient (Wildman–Crippen LogP) is 3.00. The van der Waals surface area contributed by atoms with Gasteiger partial charge in [0.1, 0.15) is 11.5 Å². The van der Waals surface area contributed by atoms with Gasteiger partial charge in [0.25, 0.3) is 11.6 Å². The second-order valence-corrected chi connectivity index (χ2v) is 6.30. The number of pyridine rings is 1. The summed E-state index contributed by atoms with van der Waals surface area (Å²) in [4.78, 5) is 28.0. The number of carbonyl (C=O) groups excluding carboxylic acids is 1. The third-order valence-corrected chi connectivity index (χ3v) is 4.04. The molecule has 0 bridgehead atoms. The highest BCUT2D eigenvalue weighted by atomic mass is 16.5. The molecule has 0 aliphatic heterocycles. The number of fused-ring (bicyclic) bond motifs is 1. The predicted molar refractivity (Wildman–Crippen MR) is 92.9 cm³/mol. The number of amides is 1. The van der Waals surface area contributed by atoms with E-state index in [9.17, 15) is 9.59 Å². The fourth-order valence-electron chi connectivity index (χ4n) is 2.91. The summed E-state index contributed by atoms with van der Waals surface area (Å²) in [6, 6.07) is 2.96. The quantitative estimate of drug-likeness (QED) is 0.720. The maximum atomic E-state index is 12.7. The van der Waals surface area contributed by atoms with Crippen LogP contribution in [0.1, 0.15) is 40.9 Å². The van der Waals surface area contributed by atoms with Crippen LogP contribution < -0.4 is 5.32 Å². The van der Waals surface area contributed by atoms with E-state index >= 15 is 0 Å². The average molecular weight is 357 g/mol. The lowest BCUT2D eigenvalue weighted by atomic mass is 10.0. The molecule has 1 amide bonds. The lowest BCUT2D eigenvalue weighted by Crippen LogP contribution is -2.34. The van der Waals surface area contributed by atoms with Crippen molar-refractivity contribution in [1.82, 2.24) is 15.5 Å². The van der Waals surface area contributed by atoms with Crippen LogP contribution in [0.15, 0.2) is 21.1 Å². The Balaban J connectivity index is 2.08. The third-order valence-electron chi connectivity index (χ3n) is 4.04. The first-order chi connectivity index (χ1) is 12.3. The molecule has 0 spiro atoms. The van der Waals surface area contributed by atoms with Gasteiger partial charge in [0, 0.05) is 11.6 Å². The number of rotatable bonds is 5. The summed E-state index contributed by atoms with van der Waals surface area (Å²) in [5, 5.41) is 16.0. The molecule has 3 rings (SSSR count). The van der Waals surface area contributed by atoms with Gasteiger partial charge >= 0.3 is 5.97 Å². The summed E-state index contributed by atoms with van der Waals surface area (Å²) in [5.74, 6) is 0.0195. The van der Waals surface area contributed by atoms with Crippen molar-refractivity contribution in [3.8, 4) is 11.3 Å².